The van der Waals surface area contributed by atoms with Crippen LogP contribution in [0.1, 0.15) is 22.8 Å². The molecular formula is C14H12ClIN2O. The predicted octanol–water partition coefficient (Wildman–Crippen LogP) is 4.15. The van der Waals surface area contributed by atoms with Crippen molar-refractivity contribution in [2.75, 3.05) is 5.32 Å². The van der Waals surface area contributed by atoms with Gasteiger partial charge in [0.05, 0.1) is 5.56 Å². The largest absolute Gasteiger partial charge is 0.322 e. The van der Waals surface area contributed by atoms with Gasteiger partial charge in [-0.3, -0.25) is 4.79 Å². The van der Waals surface area contributed by atoms with E-state index in [9.17, 15) is 4.79 Å². The average Bonchev–Trinajstić information content (AvgIpc) is 2.41. The van der Waals surface area contributed by atoms with Gasteiger partial charge in [0.1, 0.15) is 5.15 Å². The number of anilines is 1. The van der Waals surface area contributed by atoms with Crippen molar-refractivity contribution in [1.29, 1.82) is 0 Å². The van der Waals surface area contributed by atoms with Gasteiger partial charge in [0.25, 0.3) is 5.91 Å². The van der Waals surface area contributed by atoms with Crippen molar-refractivity contribution in [3.05, 3.63) is 56.4 Å². The predicted molar refractivity (Wildman–Crippen MR) is 85.7 cm³/mol. The summed E-state index contributed by atoms with van der Waals surface area (Å²) in [5, 5.41) is 3.09. The topological polar surface area (TPSA) is 42.0 Å². The van der Waals surface area contributed by atoms with E-state index in [4.69, 9.17) is 11.6 Å². The summed E-state index contributed by atoms with van der Waals surface area (Å²) in [4.78, 5) is 16.1. The highest BCUT2D eigenvalue weighted by Gasteiger charge is 2.12. The fourth-order valence-electron chi connectivity index (χ4n) is 1.72. The number of pyridine rings is 1. The molecule has 0 saturated carbocycles. The van der Waals surface area contributed by atoms with Crippen LogP contribution < -0.4 is 5.32 Å². The lowest BCUT2D eigenvalue weighted by Gasteiger charge is -2.10. The Balaban J connectivity index is 2.27. The number of nitrogens with one attached hydrogen (secondary N) is 1. The normalized spacial score (nSPS) is 10.3. The van der Waals surface area contributed by atoms with E-state index in [0.717, 1.165) is 21.2 Å². The SMILES string of the molecule is CCc1cc(I)ccc1NC(=O)c1cccnc1Cl. The molecule has 0 aliphatic heterocycles. The maximum Gasteiger partial charge on any atom is 0.258 e. The van der Waals surface area contributed by atoms with Gasteiger partial charge in [-0.15, -0.1) is 0 Å². The molecule has 0 saturated heterocycles. The minimum Gasteiger partial charge on any atom is -0.322 e. The number of aryl methyl sites for hydroxylation is 1. The highest BCUT2D eigenvalue weighted by molar-refractivity contribution is 14.1. The van der Waals surface area contributed by atoms with E-state index in [2.05, 4.69) is 45.9 Å². The van der Waals surface area contributed by atoms with Crippen molar-refractivity contribution < 1.29 is 4.79 Å². The Morgan fingerprint density at radius 3 is 2.89 bits per heavy atom. The summed E-state index contributed by atoms with van der Waals surface area (Å²) in [7, 11) is 0. The first-order valence-corrected chi connectivity index (χ1v) is 7.27. The van der Waals surface area contributed by atoms with E-state index >= 15 is 0 Å². The van der Waals surface area contributed by atoms with Gasteiger partial charge in [-0.05, 0) is 64.9 Å². The molecular weight excluding hydrogens is 375 g/mol. The number of carbonyl (C=O) groups is 1. The molecule has 1 aromatic carbocycles. The molecule has 1 amide bonds. The van der Waals surface area contributed by atoms with Crippen LogP contribution in [0.2, 0.25) is 5.15 Å². The maximum atomic E-state index is 12.2. The Morgan fingerprint density at radius 2 is 2.21 bits per heavy atom. The number of nitrogens with zero attached hydrogens (tertiary/aromatic N) is 1. The van der Waals surface area contributed by atoms with Crippen molar-refractivity contribution in [1.82, 2.24) is 4.98 Å². The molecule has 0 atom stereocenters. The number of aromatic nitrogens is 1. The molecule has 0 spiro atoms. The molecule has 5 heteroatoms. The van der Waals surface area contributed by atoms with Crippen molar-refractivity contribution >= 4 is 45.8 Å². The van der Waals surface area contributed by atoms with Crippen LogP contribution in [-0.4, -0.2) is 10.9 Å². The van der Waals surface area contributed by atoms with Gasteiger partial charge >= 0.3 is 0 Å². The third-order valence-corrected chi connectivity index (χ3v) is 3.67. The second kappa shape index (κ2) is 6.34. The smallest absolute Gasteiger partial charge is 0.258 e. The monoisotopic (exact) mass is 386 g/mol. The van der Waals surface area contributed by atoms with Crippen molar-refractivity contribution in [2.24, 2.45) is 0 Å². The third kappa shape index (κ3) is 3.45. The minimum absolute atomic E-state index is 0.212. The molecule has 98 valence electrons. The van der Waals surface area contributed by atoms with Gasteiger partial charge in [0.15, 0.2) is 0 Å². The summed E-state index contributed by atoms with van der Waals surface area (Å²) >= 11 is 8.16. The minimum atomic E-state index is -0.242. The first-order chi connectivity index (χ1) is 9.11. The van der Waals surface area contributed by atoms with Crippen molar-refractivity contribution in [3.63, 3.8) is 0 Å². The number of hydrogen-bond acceptors (Lipinski definition) is 2. The molecule has 1 heterocycles. The number of benzene rings is 1. The molecule has 0 aliphatic carbocycles. The fraction of sp³-hybridized carbons (Fsp3) is 0.143. The van der Waals surface area contributed by atoms with Crippen LogP contribution in [0.25, 0.3) is 0 Å². The van der Waals surface area contributed by atoms with Gasteiger partial charge in [0, 0.05) is 15.5 Å². The summed E-state index contributed by atoms with van der Waals surface area (Å²) in [6.07, 6.45) is 2.41. The molecule has 3 nitrogen and oxygen atoms in total. The molecule has 0 fully saturated rings. The lowest BCUT2D eigenvalue weighted by Crippen LogP contribution is -2.14. The Labute approximate surface area is 130 Å². The van der Waals surface area contributed by atoms with E-state index in [1.54, 1.807) is 18.3 Å². The first kappa shape index (κ1) is 14.3. The second-order valence-corrected chi connectivity index (χ2v) is 5.55. The van der Waals surface area contributed by atoms with E-state index in [1.165, 1.54) is 0 Å². The number of carbonyl (C=O) groups excluding carboxylic acids is 1. The van der Waals surface area contributed by atoms with Crippen molar-refractivity contribution in [2.45, 2.75) is 13.3 Å². The zero-order valence-electron chi connectivity index (χ0n) is 10.3. The molecule has 1 aromatic heterocycles. The number of rotatable bonds is 3. The Bertz CT molecular complexity index is 616. The highest BCUT2D eigenvalue weighted by atomic mass is 127. The molecule has 0 unspecified atom stereocenters. The van der Waals surface area contributed by atoms with Crippen LogP contribution in [0.3, 0.4) is 0 Å². The highest BCUT2D eigenvalue weighted by Crippen LogP contribution is 2.21. The molecule has 19 heavy (non-hydrogen) atoms. The van der Waals surface area contributed by atoms with Crippen LogP contribution in [0.15, 0.2) is 36.5 Å². The summed E-state index contributed by atoms with van der Waals surface area (Å²) in [5.41, 5.74) is 2.29. The zero-order chi connectivity index (χ0) is 13.8. The van der Waals surface area contributed by atoms with Gasteiger partial charge in [-0.2, -0.15) is 0 Å². The van der Waals surface area contributed by atoms with E-state index in [-0.39, 0.29) is 11.1 Å². The average molecular weight is 387 g/mol. The Kier molecular flexibility index (Phi) is 4.76. The maximum absolute atomic E-state index is 12.2. The molecule has 2 aromatic rings. The molecule has 0 bridgehead atoms. The number of halogens is 2. The lowest BCUT2D eigenvalue weighted by atomic mass is 10.1. The van der Waals surface area contributed by atoms with E-state index in [0.29, 0.717) is 5.56 Å². The van der Waals surface area contributed by atoms with Gasteiger partial charge in [-0.1, -0.05) is 18.5 Å². The van der Waals surface area contributed by atoms with Gasteiger partial charge in [0.2, 0.25) is 0 Å². The van der Waals surface area contributed by atoms with Gasteiger partial charge in [-0.25, -0.2) is 4.98 Å². The van der Waals surface area contributed by atoms with Crippen LogP contribution in [-0.2, 0) is 6.42 Å². The summed E-state index contributed by atoms with van der Waals surface area (Å²) in [6.45, 7) is 2.05. The fourth-order valence-corrected chi connectivity index (χ4v) is 2.48. The van der Waals surface area contributed by atoms with E-state index in [1.807, 2.05) is 12.1 Å². The summed E-state index contributed by atoms with van der Waals surface area (Å²) < 4.78 is 1.15. The number of amides is 1. The van der Waals surface area contributed by atoms with Crippen LogP contribution in [0.4, 0.5) is 5.69 Å². The molecule has 2 rings (SSSR count). The lowest BCUT2D eigenvalue weighted by molar-refractivity contribution is 0.102. The molecule has 1 N–H and O–H groups in total. The summed E-state index contributed by atoms with van der Waals surface area (Å²) in [6, 6.07) is 9.27. The van der Waals surface area contributed by atoms with Gasteiger partial charge < -0.3 is 5.32 Å². The standard InChI is InChI=1S/C14H12ClIN2O/c1-2-9-8-10(16)5-6-12(9)18-14(19)11-4-3-7-17-13(11)15/h3-8H,2H2,1H3,(H,18,19). The Morgan fingerprint density at radius 1 is 1.42 bits per heavy atom. The second-order valence-electron chi connectivity index (χ2n) is 3.95. The molecule has 0 radical (unpaired) electrons. The van der Waals surface area contributed by atoms with Crippen molar-refractivity contribution in [3.8, 4) is 0 Å². The summed E-state index contributed by atoms with van der Waals surface area (Å²) in [5.74, 6) is -0.242. The zero-order valence-corrected chi connectivity index (χ0v) is 13.2. The Hall–Kier alpha value is -1.14. The van der Waals surface area contributed by atoms with Crippen LogP contribution >= 0.6 is 34.2 Å². The van der Waals surface area contributed by atoms with Crippen LogP contribution in [0.5, 0.6) is 0 Å². The van der Waals surface area contributed by atoms with Crippen LogP contribution in [0, 0.1) is 3.57 Å². The van der Waals surface area contributed by atoms with E-state index < -0.39 is 0 Å². The number of hydrogen-bond donors (Lipinski definition) is 1. The first-order valence-electron chi connectivity index (χ1n) is 5.82. The molecule has 0 aliphatic rings. The quantitative estimate of drug-likeness (QED) is 0.636. The third-order valence-electron chi connectivity index (χ3n) is 2.70.